The predicted octanol–water partition coefficient (Wildman–Crippen LogP) is 3.45. The van der Waals surface area contributed by atoms with Crippen molar-refractivity contribution in [3.05, 3.63) is 96.6 Å². The molecule has 36 heavy (non-hydrogen) atoms. The Kier molecular flexibility index (Phi) is 9.84. The maximum Gasteiger partial charge on any atom is 1.00 e. The summed E-state index contributed by atoms with van der Waals surface area (Å²) < 4.78 is 28.4. The summed E-state index contributed by atoms with van der Waals surface area (Å²) in [5.74, 6) is 3.79. The molecule has 4 rings (SSSR count). The van der Waals surface area contributed by atoms with Gasteiger partial charge in [0, 0.05) is 23.5 Å². The number of benzene rings is 4. The smallest absolute Gasteiger partial charge is 0.496 e. The van der Waals surface area contributed by atoms with Gasteiger partial charge in [0.05, 0.1) is 21.3 Å². The van der Waals surface area contributed by atoms with E-state index in [1.807, 2.05) is 72.8 Å². The fourth-order valence-electron chi connectivity index (χ4n) is 3.41. The molecule has 4 aromatic rings. The number of hydrogen-bond acceptors (Lipinski definition) is 6. The van der Waals surface area contributed by atoms with Crippen LogP contribution in [0.25, 0.3) is 0 Å². The molecule has 1 unspecified atom stereocenters. The molecule has 0 fully saturated rings. The van der Waals surface area contributed by atoms with Gasteiger partial charge in [-0.3, -0.25) is 4.79 Å². The zero-order valence-corrected chi connectivity index (χ0v) is 21.6. The Morgan fingerprint density at radius 2 is 1.11 bits per heavy atom. The van der Waals surface area contributed by atoms with Crippen LogP contribution in [0, 0.1) is 0 Å². The summed E-state index contributed by atoms with van der Waals surface area (Å²) in [6.07, 6.45) is 0. The van der Waals surface area contributed by atoms with Crippen molar-refractivity contribution in [2.75, 3.05) is 21.3 Å². The van der Waals surface area contributed by atoms with Gasteiger partial charge in [0.1, 0.15) is 45.8 Å². The number of para-hydroxylation sites is 2. The van der Waals surface area contributed by atoms with Crippen LogP contribution in [0.4, 0.5) is 0 Å². The first-order chi connectivity index (χ1) is 17.1. The van der Waals surface area contributed by atoms with E-state index < -0.39 is 0 Å². The second-order valence-corrected chi connectivity index (χ2v) is 8.59. The van der Waals surface area contributed by atoms with Gasteiger partial charge in [-0.25, -0.2) is 0 Å². The second kappa shape index (κ2) is 13.0. The van der Waals surface area contributed by atoms with E-state index in [-0.39, 0.29) is 33.0 Å². The number of carbonyl (C=O) groups is 1. The third-order valence-electron chi connectivity index (χ3n) is 5.09. The number of rotatable bonds is 10. The Bertz CT molecular complexity index is 1270. The zero-order chi connectivity index (χ0) is 24.6. The van der Waals surface area contributed by atoms with Crippen molar-refractivity contribution in [2.24, 2.45) is 0 Å². The molecule has 0 aromatic heterocycles. The van der Waals surface area contributed by atoms with Gasteiger partial charge in [-0.15, -0.1) is 0 Å². The van der Waals surface area contributed by atoms with Gasteiger partial charge in [-0.2, -0.15) is 0 Å². The fourth-order valence-corrected chi connectivity index (χ4v) is 4.44. The number of hydrogen-bond donors (Lipinski definition) is 0. The van der Waals surface area contributed by atoms with Crippen molar-refractivity contribution in [2.45, 2.75) is 0 Å². The Labute approximate surface area is 224 Å². The van der Waals surface area contributed by atoms with Gasteiger partial charge in [-0.05, 0) is 45.0 Å². The van der Waals surface area contributed by atoms with Crippen LogP contribution in [0.1, 0.15) is 10.4 Å². The Morgan fingerprint density at radius 3 is 1.64 bits per heavy atom. The molecule has 0 aliphatic heterocycles. The molecule has 0 saturated heterocycles. The Hall–Kier alpha value is -3.42. The number of methoxy groups -OCH3 is 3. The number of carbonyl (C=O) groups excluding carboxylic acids is 1. The van der Waals surface area contributed by atoms with Crippen LogP contribution in [0.2, 0.25) is 0 Å². The average Bonchev–Trinajstić information content (AvgIpc) is 2.90. The minimum absolute atomic E-state index is 0. The van der Waals surface area contributed by atoms with Gasteiger partial charge in [-0.1, -0.05) is 36.4 Å². The van der Waals surface area contributed by atoms with Crippen molar-refractivity contribution < 1.29 is 47.3 Å². The van der Waals surface area contributed by atoms with Crippen LogP contribution >= 0.6 is 8.58 Å². The van der Waals surface area contributed by atoms with E-state index in [1.54, 1.807) is 25.3 Å². The molecule has 8 heteroatoms. The first-order valence-corrected chi connectivity index (χ1v) is 11.8. The quantitative estimate of drug-likeness (QED) is 0.248. The third kappa shape index (κ3) is 6.62. The summed E-state index contributed by atoms with van der Waals surface area (Å²) in [6.45, 7) is 0. The van der Waals surface area contributed by atoms with E-state index in [4.69, 9.17) is 23.7 Å². The standard InChI is InChI=1S/C28H25O6P.Li/c1-30-22-17-24(31-2)27(25(18-22)32-3)28(29)35-26-15-14-21(33-19-10-6-4-7-11-19)16-23(26)34-20-12-8-5-9-13-20;/h4-18,35H,1-3H3;/q;+1. The molecule has 6 nitrogen and oxygen atoms in total. The van der Waals surface area contributed by atoms with E-state index in [0.29, 0.717) is 45.8 Å². The molecule has 0 amide bonds. The van der Waals surface area contributed by atoms with Crippen molar-refractivity contribution in [3.8, 4) is 40.2 Å². The third-order valence-corrected chi connectivity index (χ3v) is 6.25. The van der Waals surface area contributed by atoms with Gasteiger partial charge >= 0.3 is 18.9 Å². The van der Waals surface area contributed by atoms with Crippen LogP contribution in [-0.4, -0.2) is 26.9 Å². The average molecular weight is 495 g/mol. The van der Waals surface area contributed by atoms with E-state index in [0.717, 1.165) is 5.30 Å². The Morgan fingerprint density at radius 1 is 0.583 bits per heavy atom. The summed E-state index contributed by atoms with van der Waals surface area (Å²) >= 11 is 0. The maximum atomic E-state index is 13.5. The Balaban J connectivity index is 0.00000361. The molecule has 4 aromatic carbocycles. The molecule has 0 spiro atoms. The first-order valence-electron chi connectivity index (χ1n) is 10.8. The van der Waals surface area contributed by atoms with Crippen LogP contribution in [0.3, 0.4) is 0 Å². The van der Waals surface area contributed by atoms with Gasteiger partial charge in [0.25, 0.3) is 0 Å². The van der Waals surface area contributed by atoms with Crippen LogP contribution < -0.4 is 47.8 Å². The molecule has 0 N–H and O–H groups in total. The predicted molar refractivity (Wildman–Crippen MR) is 138 cm³/mol. The summed E-state index contributed by atoms with van der Waals surface area (Å²) in [4.78, 5) is 13.5. The molecule has 0 aliphatic rings. The van der Waals surface area contributed by atoms with Crippen LogP contribution in [0.5, 0.6) is 40.2 Å². The summed E-state index contributed by atoms with van der Waals surface area (Å²) in [6, 6.07) is 27.7. The van der Waals surface area contributed by atoms with Crippen molar-refractivity contribution >= 4 is 19.4 Å². The normalized spacial score (nSPS) is 10.4. The zero-order valence-electron chi connectivity index (χ0n) is 20.6. The van der Waals surface area contributed by atoms with Gasteiger partial charge in [0.15, 0.2) is 5.52 Å². The van der Waals surface area contributed by atoms with Crippen molar-refractivity contribution in [1.82, 2.24) is 0 Å². The maximum absolute atomic E-state index is 13.5. The van der Waals surface area contributed by atoms with E-state index in [1.165, 1.54) is 14.2 Å². The topological polar surface area (TPSA) is 63.2 Å². The molecular formula is C28H25LiO6P+. The van der Waals surface area contributed by atoms with Crippen LogP contribution in [-0.2, 0) is 0 Å². The summed E-state index contributed by atoms with van der Waals surface area (Å²) in [5, 5.41) is 0.721. The monoisotopic (exact) mass is 495 g/mol. The minimum Gasteiger partial charge on any atom is -0.496 e. The van der Waals surface area contributed by atoms with Crippen LogP contribution in [0.15, 0.2) is 91.0 Å². The SMILES string of the molecule is COc1cc(OC)c(C(=O)Pc2ccc(Oc3ccccc3)cc2Oc2ccccc2)c(OC)c1.[Li+]. The van der Waals surface area contributed by atoms with Crippen molar-refractivity contribution in [3.63, 3.8) is 0 Å². The van der Waals surface area contributed by atoms with Gasteiger partial charge < -0.3 is 23.7 Å². The van der Waals surface area contributed by atoms with E-state index in [9.17, 15) is 4.79 Å². The minimum atomic E-state index is -0.253. The van der Waals surface area contributed by atoms with E-state index >= 15 is 0 Å². The molecule has 0 radical (unpaired) electrons. The molecular weight excluding hydrogens is 470 g/mol. The molecule has 178 valence electrons. The molecule has 1 atom stereocenters. The van der Waals surface area contributed by atoms with Gasteiger partial charge in [0.2, 0.25) is 0 Å². The molecule has 0 aliphatic carbocycles. The second-order valence-electron chi connectivity index (χ2n) is 7.35. The first kappa shape index (κ1) is 27.2. The molecule has 0 bridgehead atoms. The summed E-state index contributed by atoms with van der Waals surface area (Å²) in [5.41, 5.74) is 0.195. The summed E-state index contributed by atoms with van der Waals surface area (Å²) in [7, 11) is 4.31. The largest absolute Gasteiger partial charge is 1.00 e. The fraction of sp³-hybridized carbons (Fsp3) is 0.107. The van der Waals surface area contributed by atoms with E-state index in [2.05, 4.69) is 0 Å². The number of ether oxygens (including phenoxy) is 5. The molecule has 0 heterocycles. The van der Waals surface area contributed by atoms with Crippen molar-refractivity contribution in [1.29, 1.82) is 0 Å². The molecule has 0 saturated carbocycles.